The predicted octanol–water partition coefficient (Wildman–Crippen LogP) is 6.75. The van der Waals surface area contributed by atoms with Gasteiger partial charge in [0.1, 0.15) is 11.6 Å². The summed E-state index contributed by atoms with van der Waals surface area (Å²) in [4.78, 5) is 20.6. The summed E-state index contributed by atoms with van der Waals surface area (Å²) in [5.74, 6) is -0.800. The number of aliphatic hydroxyl groups excluding tert-OH is 2. The van der Waals surface area contributed by atoms with Crippen LogP contribution in [0.2, 0.25) is 10.0 Å². The molecule has 3 atom stereocenters. The Morgan fingerprint density at radius 1 is 0.976 bits per heavy atom. The number of rotatable bonds is 9. The van der Waals surface area contributed by atoms with Crippen molar-refractivity contribution in [1.29, 1.82) is 0 Å². The van der Waals surface area contributed by atoms with Gasteiger partial charge in [0.2, 0.25) is 12.8 Å². The molecule has 5 N–H and O–H groups in total. The Balaban J connectivity index is 0. The molecule has 1 aliphatic heterocycles. The summed E-state index contributed by atoms with van der Waals surface area (Å²) in [6, 6.07) is 7.31. The summed E-state index contributed by atoms with van der Waals surface area (Å²) < 4.78 is 27.4. The number of hydrogen-bond acceptors (Lipinski definition) is 5. The third kappa shape index (κ3) is 17.0. The Morgan fingerprint density at radius 3 is 2.02 bits per heavy atom. The smallest absolute Gasteiger partial charge is 0.211 e. The number of aliphatic hydroxyl groups is 2. The zero-order valence-electron chi connectivity index (χ0n) is 26.0. The molecule has 240 valence electrons. The van der Waals surface area contributed by atoms with Crippen molar-refractivity contribution in [3.05, 3.63) is 63.1 Å². The van der Waals surface area contributed by atoms with Crippen LogP contribution in [0, 0.1) is 23.0 Å². The van der Waals surface area contributed by atoms with Gasteiger partial charge in [-0.05, 0) is 53.1 Å². The monoisotopic (exact) mass is 635 g/mol. The first-order valence-corrected chi connectivity index (χ1v) is 14.6. The number of carbonyl (C=O) groups excluding carboxylic acids is 2. The minimum Gasteiger partial charge on any atom is -0.400 e. The summed E-state index contributed by atoms with van der Waals surface area (Å²) in [6.07, 6.45) is 1.95. The predicted molar refractivity (Wildman–Crippen MR) is 170 cm³/mol. The van der Waals surface area contributed by atoms with Crippen molar-refractivity contribution in [2.24, 2.45) is 11.3 Å². The second-order valence-corrected chi connectivity index (χ2v) is 11.6. The van der Waals surface area contributed by atoms with Crippen LogP contribution in [0.25, 0.3) is 0 Å². The Hall–Kier alpha value is -2.30. The van der Waals surface area contributed by atoms with E-state index in [4.69, 9.17) is 33.4 Å². The second kappa shape index (κ2) is 23.2. The molecule has 1 fully saturated rings. The molecule has 0 aromatic heterocycles. The number of hydrogen-bond donors (Lipinski definition) is 5. The van der Waals surface area contributed by atoms with E-state index in [0.717, 1.165) is 19.1 Å². The van der Waals surface area contributed by atoms with Gasteiger partial charge in [0.15, 0.2) is 0 Å². The Morgan fingerprint density at radius 2 is 1.52 bits per heavy atom. The van der Waals surface area contributed by atoms with Crippen molar-refractivity contribution >= 4 is 41.7 Å². The molecule has 0 bridgehead atoms. The quantitative estimate of drug-likeness (QED) is 0.196. The number of anilines is 1. The lowest BCUT2D eigenvalue weighted by Gasteiger charge is -2.22. The van der Waals surface area contributed by atoms with Crippen LogP contribution in [-0.2, 0) is 9.59 Å². The lowest BCUT2D eigenvalue weighted by atomic mass is 9.83. The third-order valence-electron chi connectivity index (χ3n) is 5.46. The Labute approximate surface area is 260 Å². The van der Waals surface area contributed by atoms with Gasteiger partial charge in [-0.25, -0.2) is 8.78 Å². The lowest BCUT2D eigenvalue weighted by molar-refractivity contribution is -0.109. The van der Waals surface area contributed by atoms with E-state index >= 15 is 0 Å². The van der Waals surface area contributed by atoms with Crippen LogP contribution >= 0.6 is 23.2 Å². The average Bonchev–Trinajstić information content (AvgIpc) is 3.43. The average molecular weight is 637 g/mol. The standard InChI is InChI=1S/C17H14Cl2F2N2O.C6H13NO2.C5H12.C2H6.CH4O/c18-13-3-9(1-2-15(13)20)11-6-22-7-12(11)10-4-16(21)14(19)5-17(10)23-8-24;1-6(2-3-8)4-7-5-9;1-5(2,3)4;2*1-2/h1-5,8,11-12,22H,6-7H2,(H,23,24);5-6,8H,2-4H2,1H3,(H,7,9);1-4H3;1-2H3;2H,1H3/t11-,12+;6-;;;/m10.../s1. The van der Waals surface area contributed by atoms with Crippen LogP contribution in [0.3, 0.4) is 0 Å². The zero-order valence-corrected chi connectivity index (χ0v) is 27.5. The van der Waals surface area contributed by atoms with E-state index < -0.39 is 11.6 Å². The van der Waals surface area contributed by atoms with Crippen LogP contribution < -0.4 is 16.0 Å². The molecule has 11 heteroatoms. The molecule has 2 aromatic carbocycles. The SMILES string of the molecule is CC.CC(C)(C)C.CO.C[C@@H](CCO)CNC=O.O=CNc1cc(Cl)c(F)cc1[C@@H]1CNC[C@@H]1c1ccc(F)c(Cl)c1. The van der Waals surface area contributed by atoms with Gasteiger partial charge >= 0.3 is 0 Å². The van der Waals surface area contributed by atoms with Crippen molar-refractivity contribution < 1.29 is 28.6 Å². The van der Waals surface area contributed by atoms with E-state index in [2.05, 4.69) is 43.6 Å². The van der Waals surface area contributed by atoms with Gasteiger partial charge in [0, 0.05) is 50.9 Å². The van der Waals surface area contributed by atoms with E-state index in [9.17, 15) is 18.4 Å². The molecule has 0 spiro atoms. The van der Waals surface area contributed by atoms with Gasteiger partial charge in [-0.15, -0.1) is 0 Å². The molecule has 0 radical (unpaired) electrons. The van der Waals surface area contributed by atoms with E-state index in [1.165, 1.54) is 18.2 Å². The summed E-state index contributed by atoms with van der Waals surface area (Å²) in [5, 5.41) is 23.8. The number of carbonyl (C=O) groups is 2. The lowest BCUT2D eigenvalue weighted by Crippen LogP contribution is -2.19. The molecule has 0 saturated carbocycles. The Bertz CT molecular complexity index is 1030. The van der Waals surface area contributed by atoms with Gasteiger partial charge in [-0.3, -0.25) is 9.59 Å². The van der Waals surface area contributed by atoms with Crippen molar-refractivity contribution in [2.75, 3.05) is 38.7 Å². The minimum absolute atomic E-state index is 0.0316. The molecule has 1 aliphatic rings. The van der Waals surface area contributed by atoms with Crippen LogP contribution in [0.4, 0.5) is 14.5 Å². The van der Waals surface area contributed by atoms with Crippen molar-refractivity contribution in [3.63, 3.8) is 0 Å². The molecular weight excluding hydrogens is 587 g/mol. The fourth-order valence-electron chi connectivity index (χ4n) is 3.73. The number of nitrogens with one attached hydrogen (secondary N) is 3. The highest BCUT2D eigenvalue weighted by Crippen LogP contribution is 2.41. The molecule has 7 nitrogen and oxygen atoms in total. The number of amides is 2. The highest BCUT2D eigenvalue weighted by molar-refractivity contribution is 6.31. The molecule has 2 aromatic rings. The Kier molecular flexibility index (Phi) is 23.1. The number of benzene rings is 2. The summed E-state index contributed by atoms with van der Waals surface area (Å²) in [6.45, 7) is 16.8. The largest absolute Gasteiger partial charge is 0.400 e. The first-order chi connectivity index (χ1) is 19.8. The fraction of sp³-hybridized carbons (Fsp3) is 0.548. The highest BCUT2D eigenvalue weighted by Gasteiger charge is 2.32. The molecule has 42 heavy (non-hydrogen) atoms. The third-order valence-corrected chi connectivity index (χ3v) is 6.04. The molecule has 2 amide bonds. The summed E-state index contributed by atoms with van der Waals surface area (Å²) in [5.41, 5.74) is 2.45. The van der Waals surface area contributed by atoms with Gasteiger partial charge < -0.3 is 26.2 Å². The van der Waals surface area contributed by atoms with Crippen LogP contribution in [-0.4, -0.2) is 56.4 Å². The van der Waals surface area contributed by atoms with Crippen molar-refractivity contribution in [3.8, 4) is 0 Å². The van der Waals surface area contributed by atoms with Crippen molar-refractivity contribution in [1.82, 2.24) is 10.6 Å². The first kappa shape index (κ1) is 41.8. The maximum Gasteiger partial charge on any atom is 0.211 e. The zero-order chi connectivity index (χ0) is 32.9. The summed E-state index contributed by atoms with van der Waals surface area (Å²) >= 11 is 11.7. The highest BCUT2D eigenvalue weighted by atomic mass is 35.5. The van der Waals surface area contributed by atoms with E-state index in [0.29, 0.717) is 55.0 Å². The van der Waals surface area contributed by atoms with Gasteiger partial charge in [0.05, 0.1) is 10.0 Å². The van der Waals surface area contributed by atoms with Crippen molar-refractivity contribution in [2.45, 2.75) is 66.7 Å². The minimum atomic E-state index is -0.550. The van der Waals surface area contributed by atoms with Crippen LogP contribution in [0.5, 0.6) is 0 Å². The molecule has 3 rings (SSSR count). The molecule has 0 unspecified atom stereocenters. The molecule has 1 heterocycles. The topological polar surface area (TPSA) is 111 Å². The maximum atomic E-state index is 14.0. The molecule has 0 aliphatic carbocycles. The van der Waals surface area contributed by atoms with Gasteiger partial charge in [-0.2, -0.15) is 0 Å². The molecule has 1 saturated heterocycles. The summed E-state index contributed by atoms with van der Waals surface area (Å²) in [7, 11) is 1.00. The van der Waals surface area contributed by atoms with Crippen LogP contribution in [0.15, 0.2) is 30.3 Å². The number of halogens is 4. The van der Waals surface area contributed by atoms with Crippen LogP contribution in [0.1, 0.15) is 77.8 Å². The van der Waals surface area contributed by atoms with Gasteiger partial charge in [-0.1, -0.05) is 77.7 Å². The van der Waals surface area contributed by atoms with E-state index in [1.807, 2.05) is 20.8 Å². The van der Waals surface area contributed by atoms with E-state index in [-0.39, 0.29) is 28.5 Å². The molecular formula is C31H49Cl2F2N3O4. The fourth-order valence-corrected chi connectivity index (χ4v) is 4.08. The maximum absolute atomic E-state index is 14.0. The normalized spacial score (nSPS) is 16.0. The van der Waals surface area contributed by atoms with E-state index in [1.54, 1.807) is 12.1 Å². The van der Waals surface area contributed by atoms with Gasteiger partial charge in [0.25, 0.3) is 0 Å². The second-order valence-electron chi connectivity index (χ2n) is 10.8. The first-order valence-electron chi connectivity index (χ1n) is 13.9.